The maximum atomic E-state index is 11.5. The fraction of sp³-hybridized carbons (Fsp3) is 0.0667. The van der Waals surface area contributed by atoms with Crippen molar-refractivity contribution in [3.8, 4) is 16.8 Å². The van der Waals surface area contributed by atoms with Gasteiger partial charge < -0.3 is 4.57 Å². The zero-order valence-corrected chi connectivity index (χ0v) is 12.6. The van der Waals surface area contributed by atoms with Gasteiger partial charge in [0.15, 0.2) is 0 Å². The van der Waals surface area contributed by atoms with Crippen molar-refractivity contribution in [2.45, 2.75) is 0 Å². The average Bonchev–Trinajstić information content (AvgIpc) is 2.92. The molecule has 0 atom stereocenters. The van der Waals surface area contributed by atoms with Gasteiger partial charge in [0, 0.05) is 36.6 Å². The molecule has 2 aromatic heterocycles. The quantitative estimate of drug-likeness (QED) is 0.724. The molecule has 0 aliphatic carbocycles. The number of hydrogen-bond acceptors (Lipinski definition) is 2. The van der Waals surface area contributed by atoms with Gasteiger partial charge in [-0.05, 0) is 12.1 Å². The van der Waals surface area contributed by atoms with E-state index in [1.165, 1.54) is 10.6 Å². The minimum atomic E-state index is -0.151. The Balaban J connectivity index is 2.09. The van der Waals surface area contributed by atoms with E-state index in [1.807, 2.05) is 24.4 Å². The number of rotatable bonds is 2. The van der Waals surface area contributed by atoms with Gasteiger partial charge in [0.1, 0.15) is 0 Å². The molecule has 2 heterocycles. The molecule has 3 rings (SSSR count). The van der Waals surface area contributed by atoms with Crippen molar-refractivity contribution in [2.75, 3.05) is 0 Å². The lowest BCUT2D eigenvalue weighted by molar-refractivity contribution is 0.862. The summed E-state index contributed by atoms with van der Waals surface area (Å²) in [6.45, 7) is 0. The number of hydrogen-bond donors (Lipinski definition) is 0. The van der Waals surface area contributed by atoms with Gasteiger partial charge in [0.25, 0.3) is 5.56 Å². The molecule has 4 nitrogen and oxygen atoms in total. The summed E-state index contributed by atoms with van der Waals surface area (Å²) < 4.78 is 3.16. The standard InChI is InChI=1S/C15H11Cl2N3O/c1-19-9-11(13(17)6-15(19)21)10-7-18-20(8-10)14-5-3-2-4-12(14)16/h2-9H,1H3. The van der Waals surface area contributed by atoms with E-state index in [0.717, 1.165) is 16.8 Å². The predicted molar refractivity (Wildman–Crippen MR) is 84.3 cm³/mol. The molecule has 0 aliphatic rings. The molecule has 0 amide bonds. The first-order valence-electron chi connectivity index (χ1n) is 6.22. The van der Waals surface area contributed by atoms with Crippen LogP contribution in [0, 0.1) is 0 Å². The van der Waals surface area contributed by atoms with E-state index in [1.54, 1.807) is 30.2 Å². The molecule has 0 aliphatic heterocycles. The van der Waals surface area contributed by atoms with Crippen LogP contribution in [-0.4, -0.2) is 14.3 Å². The maximum Gasteiger partial charge on any atom is 0.251 e. The number of pyridine rings is 1. The molecule has 0 N–H and O–H groups in total. The summed E-state index contributed by atoms with van der Waals surface area (Å²) in [5.74, 6) is 0. The van der Waals surface area contributed by atoms with Crippen molar-refractivity contribution in [3.05, 3.63) is 69.3 Å². The van der Waals surface area contributed by atoms with Crippen molar-refractivity contribution in [1.29, 1.82) is 0 Å². The van der Waals surface area contributed by atoms with Crippen molar-refractivity contribution in [2.24, 2.45) is 7.05 Å². The van der Waals surface area contributed by atoms with Crippen molar-refractivity contribution in [3.63, 3.8) is 0 Å². The van der Waals surface area contributed by atoms with Crippen LogP contribution in [0.25, 0.3) is 16.8 Å². The number of aryl methyl sites for hydroxylation is 1. The molecule has 0 radical (unpaired) electrons. The number of nitrogens with zero attached hydrogens (tertiary/aromatic N) is 3. The Morgan fingerprint density at radius 2 is 1.86 bits per heavy atom. The van der Waals surface area contributed by atoms with Crippen LogP contribution >= 0.6 is 23.2 Å². The molecule has 0 unspecified atom stereocenters. The van der Waals surface area contributed by atoms with Crippen molar-refractivity contribution in [1.82, 2.24) is 14.3 Å². The highest BCUT2D eigenvalue weighted by atomic mass is 35.5. The molecule has 0 bridgehead atoms. The van der Waals surface area contributed by atoms with Gasteiger partial charge in [-0.2, -0.15) is 5.10 Å². The van der Waals surface area contributed by atoms with Crippen LogP contribution in [0.15, 0.2) is 53.7 Å². The molecule has 1 aromatic carbocycles. The monoisotopic (exact) mass is 319 g/mol. The third kappa shape index (κ3) is 2.60. The maximum absolute atomic E-state index is 11.5. The fourth-order valence-electron chi connectivity index (χ4n) is 2.05. The molecular formula is C15H11Cl2N3O. The summed E-state index contributed by atoms with van der Waals surface area (Å²) in [5, 5.41) is 5.31. The van der Waals surface area contributed by atoms with Gasteiger partial charge in [-0.25, -0.2) is 4.68 Å². The van der Waals surface area contributed by atoms with E-state index in [9.17, 15) is 4.79 Å². The molecule has 106 valence electrons. The first kappa shape index (κ1) is 13.9. The highest BCUT2D eigenvalue weighted by Gasteiger charge is 2.10. The van der Waals surface area contributed by atoms with Crippen molar-refractivity contribution >= 4 is 23.2 Å². The Morgan fingerprint density at radius 3 is 2.62 bits per heavy atom. The number of benzene rings is 1. The van der Waals surface area contributed by atoms with Crippen LogP contribution in [0.3, 0.4) is 0 Å². The highest BCUT2D eigenvalue weighted by Crippen LogP contribution is 2.27. The summed E-state index contributed by atoms with van der Waals surface area (Å²) in [7, 11) is 1.68. The van der Waals surface area contributed by atoms with Crippen LogP contribution in [0.1, 0.15) is 0 Å². The Morgan fingerprint density at radius 1 is 1.10 bits per heavy atom. The van der Waals surface area contributed by atoms with E-state index in [4.69, 9.17) is 23.2 Å². The second kappa shape index (κ2) is 5.39. The Kier molecular flexibility index (Phi) is 3.57. The molecule has 6 heteroatoms. The van der Waals surface area contributed by atoms with Crippen LogP contribution in [0.4, 0.5) is 0 Å². The Hall–Kier alpha value is -2.04. The lowest BCUT2D eigenvalue weighted by Crippen LogP contribution is -2.14. The summed E-state index contributed by atoms with van der Waals surface area (Å²) in [4.78, 5) is 11.5. The van der Waals surface area contributed by atoms with Gasteiger partial charge in [0.05, 0.1) is 21.9 Å². The summed E-state index contributed by atoms with van der Waals surface area (Å²) in [6, 6.07) is 8.82. The predicted octanol–water partition coefficient (Wildman–Crippen LogP) is 3.54. The largest absolute Gasteiger partial charge is 0.318 e. The topological polar surface area (TPSA) is 39.8 Å². The van der Waals surface area contributed by atoms with E-state index < -0.39 is 0 Å². The van der Waals surface area contributed by atoms with Gasteiger partial charge in [-0.1, -0.05) is 35.3 Å². The SMILES string of the molecule is Cn1cc(-c2cnn(-c3ccccc3Cl)c2)c(Cl)cc1=O. The van der Waals surface area contributed by atoms with Crippen LogP contribution in [-0.2, 0) is 7.05 Å². The summed E-state index contributed by atoms with van der Waals surface area (Å²) in [6.07, 6.45) is 5.21. The van der Waals surface area contributed by atoms with E-state index in [0.29, 0.717) is 10.0 Å². The Labute approximate surface area is 131 Å². The minimum Gasteiger partial charge on any atom is -0.318 e. The van der Waals surface area contributed by atoms with E-state index >= 15 is 0 Å². The third-order valence-electron chi connectivity index (χ3n) is 3.17. The van der Waals surface area contributed by atoms with Gasteiger partial charge in [-0.3, -0.25) is 4.79 Å². The number of halogens is 2. The van der Waals surface area contributed by atoms with Crippen molar-refractivity contribution < 1.29 is 0 Å². The smallest absolute Gasteiger partial charge is 0.251 e. The molecule has 0 saturated heterocycles. The first-order chi connectivity index (χ1) is 10.1. The molecule has 21 heavy (non-hydrogen) atoms. The summed E-state index contributed by atoms with van der Waals surface area (Å²) in [5.41, 5.74) is 2.20. The molecule has 3 aromatic rings. The van der Waals surface area contributed by atoms with Gasteiger partial charge in [-0.15, -0.1) is 0 Å². The van der Waals surface area contributed by atoms with Crippen LogP contribution in [0.5, 0.6) is 0 Å². The van der Waals surface area contributed by atoms with Crippen LogP contribution in [0.2, 0.25) is 10.0 Å². The average molecular weight is 320 g/mol. The molecule has 0 fully saturated rings. The second-order valence-electron chi connectivity index (χ2n) is 4.61. The van der Waals surface area contributed by atoms with Gasteiger partial charge >= 0.3 is 0 Å². The highest BCUT2D eigenvalue weighted by molar-refractivity contribution is 6.33. The molecular weight excluding hydrogens is 309 g/mol. The second-order valence-corrected chi connectivity index (χ2v) is 5.42. The van der Waals surface area contributed by atoms with Gasteiger partial charge in [0.2, 0.25) is 0 Å². The molecule has 0 spiro atoms. The first-order valence-corrected chi connectivity index (χ1v) is 6.98. The zero-order chi connectivity index (χ0) is 15.0. The third-order valence-corrected chi connectivity index (χ3v) is 3.80. The Bertz CT molecular complexity index is 867. The normalized spacial score (nSPS) is 10.8. The van der Waals surface area contributed by atoms with E-state index in [-0.39, 0.29) is 5.56 Å². The van der Waals surface area contributed by atoms with E-state index in [2.05, 4.69) is 5.10 Å². The molecule has 0 saturated carbocycles. The zero-order valence-electron chi connectivity index (χ0n) is 11.1. The lowest BCUT2D eigenvalue weighted by Gasteiger charge is -2.05. The lowest BCUT2D eigenvalue weighted by atomic mass is 10.1. The minimum absolute atomic E-state index is 0.151. The number of para-hydroxylation sites is 1. The van der Waals surface area contributed by atoms with Crippen LogP contribution < -0.4 is 5.56 Å². The summed E-state index contributed by atoms with van der Waals surface area (Å²) >= 11 is 12.3. The number of aromatic nitrogens is 3. The fourth-order valence-corrected chi connectivity index (χ4v) is 2.52.